The fourth-order valence-corrected chi connectivity index (χ4v) is 4.60. The Morgan fingerprint density at radius 3 is 2.35 bits per heavy atom. The van der Waals surface area contributed by atoms with Crippen molar-refractivity contribution >= 4 is 80.7 Å². The third-order valence-electron chi connectivity index (χ3n) is 2.08. The van der Waals surface area contributed by atoms with Crippen molar-refractivity contribution in [1.29, 1.82) is 0 Å². The van der Waals surface area contributed by atoms with E-state index in [2.05, 4.69) is 75.1 Å². The van der Waals surface area contributed by atoms with E-state index in [0.29, 0.717) is 0 Å². The molecule has 0 atom stereocenters. The van der Waals surface area contributed by atoms with Gasteiger partial charge in [-0.3, -0.25) is 0 Å². The summed E-state index contributed by atoms with van der Waals surface area (Å²) in [5.41, 5.74) is 1.09. The lowest BCUT2D eigenvalue weighted by Crippen LogP contribution is -1.97. The zero-order chi connectivity index (χ0) is 12.4. The Kier molecular flexibility index (Phi) is 5.12. The average molecular weight is 505 g/mol. The van der Waals surface area contributed by atoms with Gasteiger partial charge in [0.1, 0.15) is 0 Å². The molecule has 0 unspecified atom stereocenters. The molecule has 17 heavy (non-hydrogen) atoms. The van der Waals surface area contributed by atoms with E-state index in [4.69, 9.17) is 0 Å². The van der Waals surface area contributed by atoms with Crippen LogP contribution in [0.5, 0.6) is 0 Å². The van der Waals surface area contributed by atoms with Gasteiger partial charge >= 0.3 is 0 Å². The first-order chi connectivity index (χ1) is 8.06. The molecule has 0 amide bonds. The van der Waals surface area contributed by atoms with Crippen LogP contribution in [0.25, 0.3) is 0 Å². The Bertz CT molecular complexity index is 519. The second-order valence-electron chi connectivity index (χ2n) is 3.31. The van der Waals surface area contributed by atoms with E-state index in [1.54, 1.807) is 11.3 Å². The maximum atomic E-state index is 3.53. The molecule has 0 saturated carbocycles. The summed E-state index contributed by atoms with van der Waals surface area (Å²) in [7, 11) is 0. The summed E-state index contributed by atoms with van der Waals surface area (Å²) < 4.78 is 4.36. The second kappa shape index (κ2) is 6.19. The molecule has 6 heteroatoms. The molecular weight excluding hydrogens is 498 g/mol. The summed E-state index contributed by atoms with van der Waals surface area (Å²) in [5, 5.41) is 3.40. The van der Waals surface area contributed by atoms with Crippen LogP contribution < -0.4 is 5.32 Å². The molecule has 1 aromatic carbocycles. The topological polar surface area (TPSA) is 12.0 Å². The molecule has 2 rings (SSSR count). The Balaban J connectivity index is 2.07. The molecule has 1 N–H and O–H groups in total. The van der Waals surface area contributed by atoms with Crippen LogP contribution in [0.1, 0.15) is 4.88 Å². The molecular formula is C11H7Br4NS. The third-order valence-corrected chi connectivity index (χ3v) is 6.49. The lowest BCUT2D eigenvalue weighted by atomic mass is 10.3. The lowest BCUT2D eigenvalue weighted by Gasteiger charge is -2.07. The number of hydrogen-bond donors (Lipinski definition) is 1. The maximum Gasteiger partial charge on any atom is 0.0843 e. The molecule has 0 fully saturated rings. The summed E-state index contributed by atoms with van der Waals surface area (Å²) in [6, 6.07) is 8.22. The van der Waals surface area contributed by atoms with E-state index < -0.39 is 0 Å². The number of hydrogen-bond acceptors (Lipinski definition) is 2. The molecule has 90 valence electrons. The van der Waals surface area contributed by atoms with Crippen LogP contribution in [0.4, 0.5) is 5.69 Å². The van der Waals surface area contributed by atoms with E-state index in [0.717, 1.165) is 29.4 Å². The van der Waals surface area contributed by atoms with Gasteiger partial charge in [0.2, 0.25) is 0 Å². The second-order valence-corrected chi connectivity index (χ2v) is 8.39. The van der Waals surface area contributed by atoms with Crippen molar-refractivity contribution in [2.45, 2.75) is 6.54 Å². The first kappa shape index (κ1) is 14.1. The Labute approximate surface area is 138 Å². The quantitative estimate of drug-likeness (QED) is 0.509. The monoisotopic (exact) mass is 501 g/mol. The number of nitrogens with one attached hydrogen (secondary N) is 1. The zero-order valence-electron chi connectivity index (χ0n) is 8.44. The molecule has 0 aliphatic heterocycles. The van der Waals surface area contributed by atoms with E-state index in [1.807, 2.05) is 18.2 Å². The van der Waals surface area contributed by atoms with Crippen LogP contribution in [-0.2, 0) is 6.54 Å². The van der Waals surface area contributed by atoms with Gasteiger partial charge < -0.3 is 5.32 Å². The van der Waals surface area contributed by atoms with Gasteiger partial charge in [-0.25, -0.2) is 0 Å². The highest BCUT2D eigenvalue weighted by Gasteiger charge is 2.05. The highest BCUT2D eigenvalue weighted by molar-refractivity contribution is 9.13. The Morgan fingerprint density at radius 1 is 1.00 bits per heavy atom. The largest absolute Gasteiger partial charge is 0.379 e. The van der Waals surface area contributed by atoms with Crippen molar-refractivity contribution in [1.82, 2.24) is 0 Å². The van der Waals surface area contributed by atoms with E-state index >= 15 is 0 Å². The van der Waals surface area contributed by atoms with Crippen LogP contribution in [0.15, 0.2) is 41.5 Å². The van der Waals surface area contributed by atoms with Gasteiger partial charge in [0.05, 0.1) is 3.79 Å². The molecule has 1 aromatic heterocycles. The minimum Gasteiger partial charge on any atom is -0.379 e. The summed E-state index contributed by atoms with van der Waals surface area (Å²) in [5.74, 6) is 0. The average Bonchev–Trinajstić information content (AvgIpc) is 2.57. The number of thiophene rings is 1. The van der Waals surface area contributed by atoms with Crippen LogP contribution in [0.3, 0.4) is 0 Å². The molecule has 0 saturated heterocycles. The first-order valence-electron chi connectivity index (χ1n) is 4.69. The molecule has 0 aliphatic rings. The van der Waals surface area contributed by atoms with Crippen molar-refractivity contribution < 1.29 is 0 Å². The third kappa shape index (κ3) is 3.80. The minimum absolute atomic E-state index is 0.815. The lowest BCUT2D eigenvalue weighted by molar-refractivity contribution is 1.19. The number of anilines is 1. The van der Waals surface area contributed by atoms with Crippen molar-refractivity contribution in [2.75, 3.05) is 5.32 Å². The predicted octanol–water partition coefficient (Wildman–Crippen LogP) is 6.41. The summed E-state index contributed by atoms with van der Waals surface area (Å²) in [6.07, 6.45) is 0. The predicted molar refractivity (Wildman–Crippen MR) is 88.9 cm³/mol. The summed E-state index contributed by atoms with van der Waals surface area (Å²) in [4.78, 5) is 1.28. The smallest absolute Gasteiger partial charge is 0.0843 e. The van der Waals surface area contributed by atoms with Crippen molar-refractivity contribution in [2.24, 2.45) is 0 Å². The van der Waals surface area contributed by atoms with Gasteiger partial charge in [-0.15, -0.1) is 11.3 Å². The molecule has 0 bridgehead atoms. The fourth-order valence-electron chi connectivity index (χ4n) is 1.29. The zero-order valence-corrected chi connectivity index (χ0v) is 15.6. The molecule has 1 heterocycles. The number of rotatable bonds is 3. The number of halogens is 4. The van der Waals surface area contributed by atoms with Gasteiger partial charge in [0, 0.05) is 30.5 Å². The summed E-state index contributed by atoms with van der Waals surface area (Å²) in [6.45, 7) is 0.815. The molecule has 1 nitrogen and oxygen atoms in total. The molecule has 0 aliphatic carbocycles. The molecule has 2 aromatic rings. The Morgan fingerprint density at radius 2 is 1.76 bits per heavy atom. The van der Waals surface area contributed by atoms with E-state index in [1.165, 1.54) is 4.88 Å². The first-order valence-corrected chi connectivity index (χ1v) is 8.68. The van der Waals surface area contributed by atoms with Gasteiger partial charge in [0.15, 0.2) is 0 Å². The van der Waals surface area contributed by atoms with Gasteiger partial charge in [-0.2, -0.15) is 0 Å². The highest BCUT2D eigenvalue weighted by atomic mass is 79.9. The maximum absolute atomic E-state index is 3.53. The number of benzene rings is 1. The van der Waals surface area contributed by atoms with Crippen LogP contribution >= 0.6 is 75.1 Å². The van der Waals surface area contributed by atoms with Crippen molar-refractivity contribution in [3.63, 3.8) is 0 Å². The SMILES string of the molecule is Brc1ccc(NCc2cc(Br)c(Br)s2)c(Br)c1. The van der Waals surface area contributed by atoms with Gasteiger partial charge in [-0.05, 0) is 72.1 Å². The van der Waals surface area contributed by atoms with Crippen LogP contribution in [0.2, 0.25) is 0 Å². The highest BCUT2D eigenvalue weighted by Crippen LogP contribution is 2.33. The normalized spacial score (nSPS) is 10.6. The standard InChI is InChI=1S/C11H7Br4NS/c12-6-1-2-10(8(13)3-6)16-5-7-4-9(14)11(15)17-7/h1-4,16H,5H2. The Hall–Kier alpha value is 0.640. The van der Waals surface area contributed by atoms with Crippen LogP contribution in [-0.4, -0.2) is 0 Å². The van der Waals surface area contributed by atoms with Gasteiger partial charge in [-0.1, -0.05) is 15.9 Å². The minimum atomic E-state index is 0.815. The van der Waals surface area contributed by atoms with Gasteiger partial charge in [0.25, 0.3) is 0 Å². The van der Waals surface area contributed by atoms with Crippen molar-refractivity contribution in [3.8, 4) is 0 Å². The summed E-state index contributed by atoms with van der Waals surface area (Å²) >= 11 is 15.7. The van der Waals surface area contributed by atoms with E-state index in [-0.39, 0.29) is 0 Å². The molecule has 0 spiro atoms. The van der Waals surface area contributed by atoms with Crippen molar-refractivity contribution in [3.05, 3.63) is 46.3 Å². The van der Waals surface area contributed by atoms with Crippen LogP contribution in [0, 0.1) is 0 Å². The fraction of sp³-hybridized carbons (Fsp3) is 0.0909. The molecule has 0 radical (unpaired) electrons. The van der Waals surface area contributed by atoms with E-state index in [9.17, 15) is 0 Å².